The first kappa shape index (κ1) is 22.5. The zero-order valence-electron chi connectivity index (χ0n) is 19.5. The minimum atomic E-state index is 0.0903. The van der Waals surface area contributed by atoms with Gasteiger partial charge in [0.25, 0.3) is 0 Å². The van der Waals surface area contributed by atoms with Gasteiger partial charge in [0, 0.05) is 43.9 Å². The predicted molar refractivity (Wildman–Crippen MR) is 136 cm³/mol. The fourth-order valence-electron chi connectivity index (χ4n) is 6.09. The first-order valence-electron chi connectivity index (χ1n) is 12.5. The van der Waals surface area contributed by atoms with Crippen LogP contribution in [-0.2, 0) is 4.79 Å². The second-order valence-electron chi connectivity index (χ2n) is 10.1. The van der Waals surface area contributed by atoms with E-state index in [1.54, 1.807) is 6.08 Å². The molecule has 1 unspecified atom stereocenters. The van der Waals surface area contributed by atoms with E-state index in [1.165, 1.54) is 19.3 Å². The Bertz CT molecular complexity index is 950. The summed E-state index contributed by atoms with van der Waals surface area (Å²) in [6, 6.07) is 8.36. The number of carbonyl (C=O) groups is 1. The number of thiocarbonyl (C=S) groups is 1. The molecule has 1 N–H and O–H groups in total. The van der Waals surface area contributed by atoms with Crippen molar-refractivity contribution in [3.8, 4) is 5.75 Å². The number of fused-ring (bicyclic) bond motifs is 2. The van der Waals surface area contributed by atoms with E-state index < -0.39 is 0 Å². The molecule has 2 aliphatic heterocycles. The molecule has 6 heteroatoms. The zero-order chi connectivity index (χ0) is 22.8. The van der Waals surface area contributed by atoms with Crippen LogP contribution in [0.25, 0.3) is 6.08 Å². The predicted octanol–water partition coefficient (Wildman–Crippen LogP) is 4.25. The fraction of sp³-hybridized carbons (Fsp3) is 0.556. The van der Waals surface area contributed by atoms with Crippen molar-refractivity contribution >= 4 is 29.3 Å². The third kappa shape index (κ3) is 4.81. The number of allylic oxidation sites excluding steroid dienone is 1. The van der Waals surface area contributed by atoms with Crippen LogP contribution in [0.1, 0.15) is 44.6 Å². The number of hydrogen-bond donors (Lipinski definition) is 1. The number of amides is 1. The molecule has 1 spiro atoms. The highest BCUT2D eigenvalue weighted by Gasteiger charge is 2.43. The average Bonchev–Trinajstić information content (AvgIpc) is 3.56. The van der Waals surface area contributed by atoms with Gasteiger partial charge in [0.1, 0.15) is 5.75 Å². The average molecular weight is 466 g/mol. The summed E-state index contributed by atoms with van der Waals surface area (Å²) in [5.74, 6) is 2.32. The maximum atomic E-state index is 12.8. The van der Waals surface area contributed by atoms with E-state index in [9.17, 15) is 4.79 Å². The number of likely N-dealkylation sites (tertiary alicyclic amines) is 2. The van der Waals surface area contributed by atoms with Gasteiger partial charge in [0.05, 0.1) is 6.61 Å². The highest BCUT2D eigenvalue weighted by atomic mass is 32.1. The Morgan fingerprint density at radius 3 is 2.61 bits per heavy atom. The third-order valence-electron chi connectivity index (χ3n) is 8.07. The summed E-state index contributed by atoms with van der Waals surface area (Å²) < 4.78 is 5.66. The highest BCUT2D eigenvalue weighted by molar-refractivity contribution is 7.80. The van der Waals surface area contributed by atoms with Crippen LogP contribution in [0.4, 0.5) is 0 Å². The Morgan fingerprint density at radius 2 is 1.91 bits per heavy atom. The molecule has 176 valence electrons. The van der Waals surface area contributed by atoms with Crippen LogP contribution < -0.4 is 10.1 Å². The van der Waals surface area contributed by atoms with Crippen molar-refractivity contribution in [3.63, 3.8) is 0 Å². The monoisotopic (exact) mass is 465 g/mol. The molecule has 3 atom stereocenters. The summed E-state index contributed by atoms with van der Waals surface area (Å²) in [5, 5.41) is 4.61. The van der Waals surface area contributed by atoms with Crippen molar-refractivity contribution in [2.75, 3.05) is 32.8 Å². The summed E-state index contributed by atoms with van der Waals surface area (Å²) in [6.45, 7) is 6.28. The topological polar surface area (TPSA) is 44.8 Å². The maximum absolute atomic E-state index is 12.8. The zero-order valence-corrected chi connectivity index (χ0v) is 20.4. The number of hydrogen-bond acceptors (Lipinski definition) is 3. The van der Waals surface area contributed by atoms with Gasteiger partial charge in [0.2, 0.25) is 5.91 Å². The molecule has 33 heavy (non-hydrogen) atoms. The van der Waals surface area contributed by atoms with Crippen LogP contribution in [-0.4, -0.2) is 59.6 Å². The van der Waals surface area contributed by atoms with Gasteiger partial charge in [-0.1, -0.05) is 30.4 Å². The maximum Gasteiger partial charge on any atom is 0.246 e. The van der Waals surface area contributed by atoms with Gasteiger partial charge in [-0.15, -0.1) is 0 Å². The van der Waals surface area contributed by atoms with Gasteiger partial charge in [-0.05, 0) is 80.6 Å². The Morgan fingerprint density at radius 1 is 1.15 bits per heavy atom. The van der Waals surface area contributed by atoms with E-state index >= 15 is 0 Å². The van der Waals surface area contributed by atoms with Crippen LogP contribution in [0.3, 0.4) is 0 Å². The van der Waals surface area contributed by atoms with E-state index in [0.29, 0.717) is 24.0 Å². The van der Waals surface area contributed by atoms with Crippen molar-refractivity contribution < 1.29 is 9.53 Å². The molecule has 2 saturated heterocycles. The standard InChI is InChI=1S/C27H35N3O2S/c1-2-32-24-6-4-3-5-21(24)9-10-25(31)29-14-11-27(12-15-29)13-16-30(19-27)26(33)28-23-18-20-7-8-22(23)17-20/h3-10,20,22-23H,2,11-19H2,1H3,(H,28,33)/b10-9+/t20-,22+,23?/m0/s1. The normalized spacial score (nSPS) is 27.6. The molecule has 2 aliphatic carbocycles. The van der Waals surface area contributed by atoms with Gasteiger partial charge in [0.15, 0.2) is 5.11 Å². The molecule has 5 rings (SSSR count). The number of piperidine rings is 1. The number of ether oxygens (including phenoxy) is 1. The molecular formula is C27H35N3O2S. The first-order chi connectivity index (χ1) is 16.0. The number of para-hydroxylation sites is 1. The van der Waals surface area contributed by atoms with Crippen LogP contribution in [0.15, 0.2) is 42.5 Å². The van der Waals surface area contributed by atoms with Crippen molar-refractivity contribution in [1.82, 2.24) is 15.1 Å². The Balaban J connectivity index is 1.11. The Kier molecular flexibility index (Phi) is 6.46. The van der Waals surface area contributed by atoms with Crippen molar-refractivity contribution in [2.45, 2.75) is 45.1 Å². The number of nitrogens with zero attached hydrogens (tertiary/aromatic N) is 2. The molecule has 0 radical (unpaired) electrons. The lowest BCUT2D eigenvalue weighted by Crippen LogP contribution is -2.47. The van der Waals surface area contributed by atoms with Crippen LogP contribution in [0, 0.1) is 17.3 Å². The number of carbonyl (C=O) groups excluding carboxylic acids is 1. The molecule has 5 nitrogen and oxygen atoms in total. The smallest absolute Gasteiger partial charge is 0.246 e. The summed E-state index contributed by atoms with van der Waals surface area (Å²) in [4.78, 5) is 17.2. The lowest BCUT2D eigenvalue weighted by Gasteiger charge is -2.39. The molecule has 4 aliphatic rings. The van der Waals surface area contributed by atoms with Crippen LogP contribution >= 0.6 is 12.2 Å². The van der Waals surface area contributed by atoms with Gasteiger partial charge in [-0.25, -0.2) is 0 Å². The summed E-state index contributed by atoms with van der Waals surface area (Å²) in [6.07, 6.45) is 14.1. The lowest BCUT2D eigenvalue weighted by molar-refractivity contribution is -0.128. The number of nitrogens with one attached hydrogen (secondary N) is 1. The van der Waals surface area contributed by atoms with E-state index in [0.717, 1.165) is 61.4 Å². The summed E-state index contributed by atoms with van der Waals surface area (Å²) >= 11 is 5.80. The molecule has 1 amide bonds. The summed E-state index contributed by atoms with van der Waals surface area (Å²) in [7, 11) is 0. The van der Waals surface area contributed by atoms with Crippen LogP contribution in [0.5, 0.6) is 5.75 Å². The minimum absolute atomic E-state index is 0.0903. The number of benzene rings is 1. The van der Waals surface area contributed by atoms with Gasteiger partial charge < -0.3 is 19.9 Å². The van der Waals surface area contributed by atoms with E-state index in [2.05, 4.69) is 22.4 Å². The third-order valence-corrected chi connectivity index (χ3v) is 8.45. The van der Waals surface area contributed by atoms with Crippen molar-refractivity contribution in [2.24, 2.45) is 17.3 Å². The molecule has 2 bridgehead atoms. The number of rotatable bonds is 5. The second kappa shape index (κ2) is 9.49. The summed E-state index contributed by atoms with van der Waals surface area (Å²) in [5.41, 5.74) is 1.24. The van der Waals surface area contributed by atoms with Crippen LogP contribution in [0.2, 0.25) is 0 Å². The molecule has 1 aromatic carbocycles. The van der Waals surface area contributed by atoms with E-state index in [4.69, 9.17) is 17.0 Å². The van der Waals surface area contributed by atoms with E-state index in [-0.39, 0.29) is 5.91 Å². The largest absolute Gasteiger partial charge is 0.493 e. The first-order valence-corrected chi connectivity index (χ1v) is 12.9. The van der Waals surface area contributed by atoms with Gasteiger partial charge >= 0.3 is 0 Å². The fourth-order valence-corrected chi connectivity index (χ4v) is 6.39. The minimum Gasteiger partial charge on any atom is -0.493 e. The highest BCUT2D eigenvalue weighted by Crippen LogP contribution is 2.42. The Labute approximate surface area is 202 Å². The molecule has 1 saturated carbocycles. The quantitative estimate of drug-likeness (QED) is 0.400. The van der Waals surface area contributed by atoms with Crippen molar-refractivity contribution in [3.05, 3.63) is 48.1 Å². The lowest BCUT2D eigenvalue weighted by atomic mass is 9.78. The van der Waals surface area contributed by atoms with Crippen molar-refractivity contribution in [1.29, 1.82) is 0 Å². The molecule has 1 aromatic rings. The molecule has 2 heterocycles. The molecular weight excluding hydrogens is 430 g/mol. The van der Waals surface area contributed by atoms with Gasteiger partial charge in [-0.3, -0.25) is 4.79 Å². The van der Waals surface area contributed by atoms with E-state index in [1.807, 2.05) is 42.2 Å². The molecule has 0 aromatic heterocycles. The van der Waals surface area contributed by atoms with Gasteiger partial charge in [-0.2, -0.15) is 0 Å². The SMILES string of the molecule is CCOc1ccccc1/C=C/C(=O)N1CCC2(CC1)CCN(C(=S)NC1C[C@H]3C=C[C@@H]1C3)C2. The molecule has 3 fully saturated rings. The second-order valence-corrected chi connectivity index (χ2v) is 10.5. The Hall–Kier alpha value is -2.34.